The van der Waals surface area contributed by atoms with Crippen molar-refractivity contribution in [3.8, 4) is 0 Å². The Labute approximate surface area is 102 Å². The largest absolute Gasteiger partial charge is 0.299 e. The summed E-state index contributed by atoms with van der Waals surface area (Å²) in [4.78, 5) is 23.6. The summed E-state index contributed by atoms with van der Waals surface area (Å²) in [7, 11) is 0. The third-order valence-electron chi connectivity index (χ3n) is 3.45. The van der Waals surface area contributed by atoms with Crippen molar-refractivity contribution in [2.24, 2.45) is 5.92 Å². The molecule has 1 fully saturated rings. The van der Waals surface area contributed by atoms with Gasteiger partial charge >= 0.3 is 0 Å². The van der Waals surface area contributed by atoms with Gasteiger partial charge in [-0.3, -0.25) is 9.59 Å². The second-order valence-electron chi connectivity index (χ2n) is 4.72. The number of rotatable bonds is 4. The molecule has 0 aliphatic heterocycles. The number of hydrogen-bond acceptors (Lipinski definition) is 2. The molecule has 0 spiro atoms. The van der Waals surface area contributed by atoms with E-state index in [1.807, 2.05) is 30.3 Å². The van der Waals surface area contributed by atoms with Gasteiger partial charge in [0.25, 0.3) is 0 Å². The molecular weight excluding hydrogens is 212 g/mol. The molecule has 1 saturated carbocycles. The first-order valence-corrected chi connectivity index (χ1v) is 6.37. The summed E-state index contributed by atoms with van der Waals surface area (Å²) < 4.78 is 0. The highest BCUT2D eigenvalue weighted by atomic mass is 16.1. The smallest absolute Gasteiger partial charge is 0.143 e. The lowest BCUT2D eigenvalue weighted by atomic mass is 9.83. The maximum Gasteiger partial charge on any atom is 0.143 e. The molecule has 0 aromatic heterocycles. The summed E-state index contributed by atoms with van der Waals surface area (Å²) in [6.07, 6.45) is 4.60. The number of Topliss-reactive ketones (excluding diaryl/α,β-unsaturated/α-hetero) is 2. The lowest BCUT2D eigenvalue weighted by Crippen LogP contribution is -2.27. The highest BCUT2D eigenvalue weighted by Crippen LogP contribution is 2.22. The van der Waals surface area contributed by atoms with Gasteiger partial charge < -0.3 is 0 Å². The predicted molar refractivity (Wildman–Crippen MR) is 66.7 cm³/mol. The van der Waals surface area contributed by atoms with E-state index in [0.717, 1.165) is 25.7 Å². The topological polar surface area (TPSA) is 34.1 Å². The van der Waals surface area contributed by atoms with Crippen molar-refractivity contribution in [2.45, 2.75) is 38.5 Å². The molecule has 1 aliphatic rings. The van der Waals surface area contributed by atoms with Crippen LogP contribution in [-0.4, -0.2) is 11.6 Å². The van der Waals surface area contributed by atoms with Gasteiger partial charge in [-0.15, -0.1) is 0 Å². The first-order valence-electron chi connectivity index (χ1n) is 6.37. The van der Waals surface area contributed by atoms with E-state index in [4.69, 9.17) is 0 Å². The summed E-state index contributed by atoms with van der Waals surface area (Å²) in [6, 6.07) is 9.97. The van der Waals surface area contributed by atoms with Crippen LogP contribution in [0.25, 0.3) is 0 Å². The summed E-state index contributed by atoms with van der Waals surface area (Å²) >= 11 is 0. The van der Waals surface area contributed by atoms with Crippen LogP contribution in [0.2, 0.25) is 0 Å². The number of aryl methyl sites for hydroxylation is 1. The molecule has 0 saturated heterocycles. The van der Waals surface area contributed by atoms with Gasteiger partial charge in [-0.1, -0.05) is 36.8 Å². The lowest BCUT2D eigenvalue weighted by Gasteiger charge is -2.19. The average Bonchev–Trinajstić information content (AvgIpc) is 2.38. The molecule has 2 heteroatoms. The molecular formula is C15H18O2. The molecule has 1 aliphatic carbocycles. The molecule has 0 N–H and O–H groups in total. The number of hydrogen-bond donors (Lipinski definition) is 0. The zero-order valence-electron chi connectivity index (χ0n) is 10.0. The molecule has 0 amide bonds. The van der Waals surface area contributed by atoms with Gasteiger partial charge in [0.15, 0.2) is 0 Å². The minimum absolute atomic E-state index is 0.138. The van der Waals surface area contributed by atoms with Crippen LogP contribution in [0.1, 0.15) is 37.7 Å². The molecule has 2 rings (SSSR count). The average molecular weight is 230 g/mol. The molecule has 2 nitrogen and oxygen atoms in total. The van der Waals surface area contributed by atoms with Crippen LogP contribution >= 0.6 is 0 Å². The zero-order valence-corrected chi connectivity index (χ0v) is 10.0. The van der Waals surface area contributed by atoms with Gasteiger partial charge in [-0.05, 0) is 24.8 Å². The van der Waals surface area contributed by atoms with Crippen molar-refractivity contribution in [3.05, 3.63) is 35.9 Å². The first-order chi connectivity index (χ1) is 8.27. The Balaban J connectivity index is 1.87. The molecule has 1 aromatic carbocycles. The van der Waals surface area contributed by atoms with Gasteiger partial charge in [0.2, 0.25) is 0 Å². The number of ketones is 2. The predicted octanol–water partition coefficient (Wildman–Crippen LogP) is 2.95. The van der Waals surface area contributed by atoms with Crippen LogP contribution in [0.3, 0.4) is 0 Å². The van der Waals surface area contributed by atoms with Crippen LogP contribution < -0.4 is 0 Å². The normalized spacial score (nSPS) is 20.2. The summed E-state index contributed by atoms with van der Waals surface area (Å²) in [6.45, 7) is 0. The fourth-order valence-electron chi connectivity index (χ4n) is 2.41. The third kappa shape index (κ3) is 3.26. The Bertz CT molecular complexity index is 395. The molecule has 90 valence electrons. The van der Waals surface area contributed by atoms with Crippen LogP contribution in [0.4, 0.5) is 0 Å². The van der Waals surface area contributed by atoms with Crippen molar-refractivity contribution in [1.82, 2.24) is 0 Å². The summed E-state index contributed by atoms with van der Waals surface area (Å²) in [5.74, 6) is 0.000303. The van der Waals surface area contributed by atoms with E-state index in [-0.39, 0.29) is 17.5 Å². The van der Waals surface area contributed by atoms with E-state index >= 15 is 0 Å². The van der Waals surface area contributed by atoms with Crippen molar-refractivity contribution in [1.29, 1.82) is 0 Å². The highest BCUT2D eigenvalue weighted by Gasteiger charge is 2.27. The van der Waals surface area contributed by atoms with Gasteiger partial charge in [-0.25, -0.2) is 0 Å². The minimum Gasteiger partial charge on any atom is -0.299 e. The quantitative estimate of drug-likeness (QED) is 0.745. The Hall–Kier alpha value is -1.44. The van der Waals surface area contributed by atoms with E-state index in [9.17, 15) is 9.59 Å². The number of carbonyl (C=O) groups is 2. The van der Waals surface area contributed by atoms with Crippen LogP contribution in [0, 0.1) is 5.92 Å². The summed E-state index contributed by atoms with van der Waals surface area (Å²) in [5, 5.41) is 0. The van der Waals surface area contributed by atoms with E-state index in [1.54, 1.807) is 0 Å². The van der Waals surface area contributed by atoms with E-state index in [1.165, 1.54) is 5.56 Å². The Morgan fingerprint density at radius 3 is 2.65 bits per heavy atom. The fourth-order valence-corrected chi connectivity index (χ4v) is 2.41. The molecule has 1 atom stereocenters. The van der Waals surface area contributed by atoms with Crippen LogP contribution in [0.5, 0.6) is 0 Å². The standard InChI is InChI=1S/C15H18O2/c16-14-9-5-4-8-13(14)15(17)11-10-12-6-2-1-3-7-12/h1-3,6-7,13H,4-5,8-11H2/t13-/m1/s1. The maximum absolute atomic E-state index is 12.0. The highest BCUT2D eigenvalue weighted by molar-refractivity contribution is 6.02. The SMILES string of the molecule is O=C1CCCC[C@H]1C(=O)CCc1ccccc1. The van der Waals surface area contributed by atoms with Crippen LogP contribution in [-0.2, 0) is 16.0 Å². The molecule has 1 aromatic rings. The van der Waals surface area contributed by atoms with E-state index in [0.29, 0.717) is 12.8 Å². The second-order valence-corrected chi connectivity index (χ2v) is 4.72. The van der Waals surface area contributed by atoms with E-state index in [2.05, 4.69) is 0 Å². The van der Waals surface area contributed by atoms with Gasteiger partial charge in [0.1, 0.15) is 11.6 Å². The van der Waals surface area contributed by atoms with Crippen molar-refractivity contribution in [3.63, 3.8) is 0 Å². The Morgan fingerprint density at radius 2 is 1.94 bits per heavy atom. The fraction of sp³-hybridized carbons (Fsp3) is 0.467. The van der Waals surface area contributed by atoms with E-state index < -0.39 is 0 Å². The zero-order chi connectivity index (χ0) is 12.1. The Morgan fingerprint density at radius 1 is 1.18 bits per heavy atom. The summed E-state index contributed by atoms with van der Waals surface area (Å²) in [5.41, 5.74) is 1.17. The monoisotopic (exact) mass is 230 g/mol. The maximum atomic E-state index is 12.0. The molecule has 0 radical (unpaired) electrons. The van der Waals surface area contributed by atoms with Crippen molar-refractivity contribution < 1.29 is 9.59 Å². The molecule has 0 bridgehead atoms. The lowest BCUT2D eigenvalue weighted by molar-refractivity contribution is -0.134. The molecule has 0 heterocycles. The van der Waals surface area contributed by atoms with Gasteiger partial charge in [-0.2, -0.15) is 0 Å². The Kier molecular flexibility index (Phi) is 4.08. The third-order valence-corrected chi connectivity index (χ3v) is 3.45. The number of benzene rings is 1. The van der Waals surface area contributed by atoms with Crippen molar-refractivity contribution in [2.75, 3.05) is 0 Å². The second kappa shape index (κ2) is 5.76. The number of carbonyl (C=O) groups excluding carboxylic acids is 2. The van der Waals surface area contributed by atoms with Gasteiger partial charge in [0.05, 0.1) is 5.92 Å². The first kappa shape index (κ1) is 12.0. The van der Waals surface area contributed by atoms with Gasteiger partial charge in [0, 0.05) is 12.8 Å². The van der Waals surface area contributed by atoms with Crippen LogP contribution in [0.15, 0.2) is 30.3 Å². The van der Waals surface area contributed by atoms with Crippen molar-refractivity contribution >= 4 is 11.6 Å². The molecule has 17 heavy (non-hydrogen) atoms. The minimum atomic E-state index is -0.299. The molecule has 0 unspecified atom stereocenters.